The van der Waals surface area contributed by atoms with Gasteiger partial charge in [-0.15, -0.1) is 0 Å². The molecule has 0 spiro atoms. The quantitative estimate of drug-likeness (QED) is 0.650. The maximum atomic E-state index is 3.53. The van der Waals surface area contributed by atoms with Crippen LogP contribution in [-0.2, 0) is 0 Å². The Bertz CT molecular complexity index is 104. The molecular formula is C11H25NS. The number of hydrogen-bond acceptors (Lipinski definition) is 2. The minimum Gasteiger partial charge on any atom is -0.314 e. The predicted molar refractivity (Wildman–Crippen MR) is 64.5 cm³/mol. The first-order valence-corrected chi connectivity index (χ1v) is 6.82. The van der Waals surface area contributed by atoms with Crippen molar-refractivity contribution in [2.75, 3.05) is 18.6 Å². The van der Waals surface area contributed by atoms with Crippen molar-refractivity contribution >= 4 is 11.8 Å². The molecule has 0 fully saturated rings. The van der Waals surface area contributed by atoms with E-state index in [1.165, 1.54) is 31.6 Å². The fourth-order valence-electron chi connectivity index (χ4n) is 1.44. The molecule has 0 aromatic heterocycles. The normalized spacial score (nSPS) is 13.6. The summed E-state index contributed by atoms with van der Waals surface area (Å²) in [5, 5.41) is 3.53. The van der Waals surface area contributed by atoms with Gasteiger partial charge in [0.2, 0.25) is 0 Å². The molecule has 0 heterocycles. The monoisotopic (exact) mass is 203 g/mol. The molecule has 0 bridgehead atoms. The van der Waals surface area contributed by atoms with Gasteiger partial charge in [0.05, 0.1) is 0 Å². The molecule has 0 aliphatic rings. The predicted octanol–water partition coefficient (Wildman–Crippen LogP) is 3.15. The Morgan fingerprint density at radius 2 is 1.92 bits per heavy atom. The Morgan fingerprint density at radius 3 is 2.38 bits per heavy atom. The average molecular weight is 203 g/mol. The van der Waals surface area contributed by atoms with Crippen LogP contribution in [0.5, 0.6) is 0 Å². The zero-order chi connectivity index (χ0) is 10.1. The molecule has 0 saturated carbocycles. The number of thioether (sulfide) groups is 1. The van der Waals surface area contributed by atoms with E-state index in [4.69, 9.17) is 0 Å². The lowest BCUT2D eigenvalue weighted by molar-refractivity contribution is 0.413. The minimum atomic E-state index is 0.633. The number of nitrogens with one attached hydrogen (secondary N) is 1. The Morgan fingerprint density at radius 1 is 1.23 bits per heavy atom. The van der Waals surface area contributed by atoms with Crippen molar-refractivity contribution < 1.29 is 0 Å². The number of hydrogen-bond donors (Lipinski definition) is 1. The topological polar surface area (TPSA) is 12.0 Å². The van der Waals surface area contributed by atoms with E-state index in [2.05, 4.69) is 32.3 Å². The summed E-state index contributed by atoms with van der Waals surface area (Å²) in [4.78, 5) is 0. The fraction of sp³-hybridized carbons (Fsp3) is 1.00. The lowest BCUT2D eigenvalue weighted by atomic mass is 10.0. The van der Waals surface area contributed by atoms with Gasteiger partial charge in [0.15, 0.2) is 0 Å². The van der Waals surface area contributed by atoms with E-state index in [1.54, 1.807) is 0 Å². The Kier molecular flexibility index (Phi) is 9.10. The van der Waals surface area contributed by atoms with Gasteiger partial charge >= 0.3 is 0 Å². The molecular weight excluding hydrogens is 178 g/mol. The fourth-order valence-corrected chi connectivity index (χ4v) is 2.01. The van der Waals surface area contributed by atoms with E-state index >= 15 is 0 Å². The number of rotatable bonds is 8. The maximum Gasteiger partial charge on any atom is 0.00104 e. The van der Waals surface area contributed by atoms with E-state index in [1.807, 2.05) is 11.8 Å². The third-order valence-electron chi connectivity index (χ3n) is 2.24. The van der Waals surface area contributed by atoms with Crippen molar-refractivity contribution in [1.82, 2.24) is 5.32 Å². The molecule has 0 radical (unpaired) electrons. The standard InChI is InChI=1S/C11H25NS/c1-5-6-11(7-8-13-4)9-12-10(2)3/h10-12H,5-9H2,1-4H3. The molecule has 0 aromatic carbocycles. The molecule has 1 nitrogen and oxygen atoms in total. The van der Waals surface area contributed by atoms with Crippen molar-refractivity contribution in [2.24, 2.45) is 5.92 Å². The second kappa shape index (κ2) is 8.89. The molecule has 0 aliphatic carbocycles. The third kappa shape index (κ3) is 8.63. The second-order valence-electron chi connectivity index (χ2n) is 4.00. The van der Waals surface area contributed by atoms with Gasteiger partial charge in [-0.2, -0.15) is 11.8 Å². The van der Waals surface area contributed by atoms with Crippen LogP contribution < -0.4 is 5.32 Å². The van der Waals surface area contributed by atoms with Gasteiger partial charge in [-0.3, -0.25) is 0 Å². The largest absolute Gasteiger partial charge is 0.314 e. The molecule has 13 heavy (non-hydrogen) atoms. The van der Waals surface area contributed by atoms with Crippen LogP contribution in [0.15, 0.2) is 0 Å². The van der Waals surface area contributed by atoms with Crippen LogP contribution in [0.1, 0.15) is 40.0 Å². The van der Waals surface area contributed by atoms with Gasteiger partial charge in [-0.05, 0) is 37.3 Å². The van der Waals surface area contributed by atoms with Crippen molar-refractivity contribution in [2.45, 2.75) is 46.1 Å². The van der Waals surface area contributed by atoms with Crippen molar-refractivity contribution in [1.29, 1.82) is 0 Å². The van der Waals surface area contributed by atoms with E-state index in [0.717, 1.165) is 5.92 Å². The van der Waals surface area contributed by atoms with Crippen LogP contribution in [0.25, 0.3) is 0 Å². The molecule has 0 aliphatic heterocycles. The molecule has 1 N–H and O–H groups in total. The molecule has 0 amide bonds. The molecule has 0 aromatic rings. The lowest BCUT2D eigenvalue weighted by Crippen LogP contribution is -2.29. The zero-order valence-corrected chi connectivity index (χ0v) is 10.4. The van der Waals surface area contributed by atoms with Gasteiger partial charge in [-0.25, -0.2) is 0 Å². The van der Waals surface area contributed by atoms with Gasteiger partial charge in [0, 0.05) is 6.04 Å². The molecule has 0 rings (SSSR count). The minimum absolute atomic E-state index is 0.633. The summed E-state index contributed by atoms with van der Waals surface area (Å²) in [6.07, 6.45) is 6.26. The van der Waals surface area contributed by atoms with E-state index in [9.17, 15) is 0 Å². The van der Waals surface area contributed by atoms with Crippen LogP contribution in [0, 0.1) is 5.92 Å². The highest BCUT2D eigenvalue weighted by Gasteiger charge is 2.07. The van der Waals surface area contributed by atoms with E-state index in [-0.39, 0.29) is 0 Å². The Hall–Kier alpha value is 0.310. The van der Waals surface area contributed by atoms with Crippen LogP contribution in [0.3, 0.4) is 0 Å². The van der Waals surface area contributed by atoms with Gasteiger partial charge in [0.25, 0.3) is 0 Å². The zero-order valence-electron chi connectivity index (χ0n) is 9.60. The van der Waals surface area contributed by atoms with E-state index < -0.39 is 0 Å². The summed E-state index contributed by atoms with van der Waals surface area (Å²) in [6, 6.07) is 0.633. The van der Waals surface area contributed by atoms with Crippen molar-refractivity contribution in [3.05, 3.63) is 0 Å². The highest BCUT2D eigenvalue weighted by molar-refractivity contribution is 7.98. The smallest absolute Gasteiger partial charge is 0.00104 e. The van der Waals surface area contributed by atoms with Crippen molar-refractivity contribution in [3.63, 3.8) is 0 Å². The van der Waals surface area contributed by atoms with Gasteiger partial charge < -0.3 is 5.32 Å². The Balaban J connectivity index is 3.53. The molecule has 0 saturated heterocycles. The highest BCUT2D eigenvalue weighted by Crippen LogP contribution is 2.13. The highest BCUT2D eigenvalue weighted by atomic mass is 32.2. The summed E-state index contributed by atoms with van der Waals surface area (Å²) in [6.45, 7) is 7.92. The first-order valence-electron chi connectivity index (χ1n) is 5.43. The first-order chi connectivity index (χ1) is 6.20. The molecule has 80 valence electrons. The van der Waals surface area contributed by atoms with Crippen LogP contribution in [0.4, 0.5) is 0 Å². The summed E-state index contributed by atoms with van der Waals surface area (Å²) in [5.41, 5.74) is 0. The van der Waals surface area contributed by atoms with Gasteiger partial charge in [0.1, 0.15) is 0 Å². The third-order valence-corrected chi connectivity index (χ3v) is 2.89. The molecule has 2 heteroatoms. The molecule has 1 unspecified atom stereocenters. The van der Waals surface area contributed by atoms with E-state index in [0.29, 0.717) is 6.04 Å². The summed E-state index contributed by atoms with van der Waals surface area (Å²) < 4.78 is 0. The average Bonchev–Trinajstić information content (AvgIpc) is 2.09. The summed E-state index contributed by atoms with van der Waals surface area (Å²) >= 11 is 1.96. The maximum absolute atomic E-state index is 3.53. The van der Waals surface area contributed by atoms with Crippen LogP contribution in [0.2, 0.25) is 0 Å². The second-order valence-corrected chi connectivity index (χ2v) is 4.98. The SMILES string of the molecule is CCCC(CCSC)CNC(C)C. The lowest BCUT2D eigenvalue weighted by Gasteiger charge is -2.18. The summed E-state index contributed by atoms with van der Waals surface area (Å²) in [5.74, 6) is 2.20. The van der Waals surface area contributed by atoms with Crippen molar-refractivity contribution in [3.8, 4) is 0 Å². The molecule has 1 atom stereocenters. The van der Waals surface area contributed by atoms with Crippen LogP contribution in [-0.4, -0.2) is 24.6 Å². The van der Waals surface area contributed by atoms with Crippen LogP contribution >= 0.6 is 11.8 Å². The van der Waals surface area contributed by atoms with Gasteiger partial charge in [-0.1, -0.05) is 27.2 Å². The first kappa shape index (κ1) is 13.3. The Labute approximate surface area is 88.1 Å². The summed E-state index contributed by atoms with van der Waals surface area (Å²) in [7, 11) is 0.